The highest BCUT2D eigenvalue weighted by Gasteiger charge is 2.31. The van der Waals surface area contributed by atoms with E-state index in [0.29, 0.717) is 24.4 Å². The summed E-state index contributed by atoms with van der Waals surface area (Å²) >= 11 is 0. The third-order valence-corrected chi connectivity index (χ3v) is 6.72. The molecule has 1 N–H and O–H groups in total. The molecule has 8 nitrogen and oxygen atoms in total. The number of carbonyl (C=O) groups excluding carboxylic acids is 2. The number of nitrogens with zero attached hydrogens (tertiary/aromatic N) is 2. The maximum atomic E-state index is 13.6. The molecule has 0 fully saturated rings. The van der Waals surface area contributed by atoms with Crippen molar-refractivity contribution in [3.63, 3.8) is 0 Å². The van der Waals surface area contributed by atoms with Crippen LogP contribution in [0.3, 0.4) is 0 Å². The maximum absolute atomic E-state index is 13.6. The van der Waals surface area contributed by atoms with Crippen molar-refractivity contribution in [2.75, 3.05) is 30.8 Å². The number of ether oxygens (including phenoxy) is 1. The Kier molecular flexibility index (Phi) is 10.1. The molecule has 0 heterocycles. The van der Waals surface area contributed by atoms with E-state index in [-0.39, 0.29) is 18.4 Å². The summed E-state index contributed by atoms with van der Waals surface area (Å²) < 4.78 is 31.5. The van der Waals surface area contributed by atoms with Gasteiger partial charge >= 0.3 is 0 Å². The number of anilines is 1. The maximum Gasteiger partial charge on any atom is 0.244 e. The lowest BCUT2D eigenvalue weighted by molar-refractivity contribution is -0.140. The van der Waals surface area contributed by atoms with E-state index < -0.39 is 28.5 Å². The Morgan fingerprint density at radius 1 is 1.03 bits per heavy atom. The third kappa shape index (κ3) is 8.28. The van der Waals surface area contributed by atoms with Crippen LogP contribution >= 0.6 is 0 Å². The fourth-order valence-corrected chi connectivity index (χ4v) is 4.44. The van der Waals surface area contributed by atoms with Crippen molar-refractivity contribution in [2.24, 2.45) is 5.92 Å². The van der Waals surface area contributed by atoms with E-state index in [4.69, 9.17) is 4.74 Å². The number of amides is 2. The fraction of sp³-hybridized carbons (Fsp3) is 0.462. The molecule has 0 aliphatic carbocycles. The Hall–Kier alpha value is -3.07. The first-order valence-corrected chi connectivity index (χ1v) is 13.6. The van der Waals surface area contributed by atoms with Gasteiger partial charge in [-0.25, -0.2) is 8.42 Å². The van der Waals surface area contributed by atoms with Gasteiger partial charge in [0.25, 0.3) is 0 Å². The van der Waals surface area contributed by atoms with Gasteiger partial charge in [0.2, 0.25) is 21.8 Å². The number of hydrogen-bond acceptors (Lipinski definition) is 5. The number of hydrogen-bond donors (Lipinski definition) is 1. The Balaban J connectivity index is 2.40. The van der Waals surface area contributed by atoms with Gasteiger partial charge in [0.15, 0.2) is 0 Å². The number of sulfonamides is 1. The molecular weight excluding hydrogens is 466 g/mol. The molecule has 0 aromatic heterocycles. The second-order valence-electron chi connectivity index (χ2n) is 9.04. The minimum Gasteiger partial charge on any atom is -0.497 e. The van der Waals surface area contributed by atoms with Gasteiger partial charge < -0.3 is 15.0 Å². The smallest absolute Gasteiger partial charge is 0.244 e. The first-order valence-electron chi connectivity index (χ1n) is 11.7. The average Bonchev–Trinajstić information content (AvgIpc) is 2.81. The zero-order valence-electron chi connectivity index (χ0n) is 21.4. The van der Waals surface area contributed by atoms with Gasteiger partial charge in [0, 0.05) is 13.1 Å². The van der Waals surface area contributed by atoms with Crippen molar-refractivity contribution in [3.05, 3.63) is 59.7 Å². The van der Waals surface area contributed by atoms with Crippen LogP contribution in [0.4, 0.5) is 5.69 Å². The Bertz CT molecular complexity index is 1080. The van der Waals surface area contributed by atoms with E-state index in [2.05, 4.69) is 5.32 Å². The number of aryl methyl sites for hydroxylation is 1. The van der Waals surface area contributed by atoms with Crippen LogP contribution in [0.2, 0.25) is 0 Å². The molecule has 0 saturated heterocycles. The largest absolute Gasteiger partial charge is 0.497 e. The summed E-state index contributed by atoms with van der Waals surface area (Å²) in [6.45, 7) is 8.05. The molecule has 0 aliphatic heterocycles. The number of methoxy groups -OCH3 is 1. The van der Waals surface area contributed by atoms with Crippen molar-refractivity contribution >= 4 is 27.5 Å². The number of benzene rings is 2. The van der Waals surface area contributed by atoms with Gasteiger partial charge in [-0.05, 0) is 49.1 Å². The molecule has 1 atom stereocenters. The van der Waals surface area contributed by atoms with Gasteiger partial charge in [-0.2, -0.15) is 0 Å². The molecule has 2 aromatic rings. The van der Waals surface area contributed by atoms with Crippen molar-refractivity contribution in [3.8, 4) is 5.75 Å². The van der Waals surface area contributed by atoms with Crippen molar-refractivity contribution in [2.45, 2.75) is 46.7 Å². The average molecular weight is 504 g/mol. The lowest BCUT2D eigenvalue weighted by Gasteiger charge is -2.33. The van der Waals surface area contributed by atoms with Crippen LogP contribution < -0.4 is 14.4 Å². The summed E-state index contributed by atoms with van der Waals surface area (Å²) in [6.07, 6.45) is 1.45. The molecule has 2 aromatic carbocycles. The van der Waals surface area contributed by atoms with Crippen LogP contribution in [-0.4, -0.2) is 57.6 Å². The highest BCUT2D eigenvalue weighted by Crippen LogP contribution is 2.22. The van der Waals surface area contributed by atoms with E-state index in [9.17, 15) is 18.0 Å². The van der Waals surface area contributed by atoms with E-state index in [1.165, 1.54) is 12.0 Å². The summed E-state index contributed by atoms with van der Waals surface area (Å²) in [5.74, 6) is 0.117. The van der Waals surface area contributed by atoms with Gasteiger partial charge in [-0.3, -0.25) is 13.9 Å². The third-order valence-electron chi connectivity index (χ3n) is 5.58. The molecule has 2 rings (SSSR count). The quantitative estimate of drug-likeness (QED) is 0.479. The van der Waals surface area contributed by atoms with Crippen LogP contribution in [0.1, 0.15) is 38.3 Å². The zero-order chi connectivity index (χ0) is 26.2. The molecule has 0 bridgehead atoms. The van der Waals surface area contributed by atoms with Crippen LogP contribution in [0.25, 0.3) is 0 Å². The molecule has 0 unspecified atom stereocenters. The molecule has 2 amide bonds. The van der Waals surface area contributed by atoms with E-state index >= 15 is 0 Å². The summed E-state index contributed by atoms with van der Waals surface area (Å²) in [7, 11) is -2.26. The van der Waals surface area contributed by atoms with E-state index in [1.54, 1.807) is 24.3 Å². The lowest BCUT2D eigenvalue weighted by Crippen LogP contribution is -2.52. The Labute approximate surface area is 209 Å². The lowest BCUT2D eigenvalue weighted by atomic mass is 10.1. The Morgan fingerprint density at radius 2 is 1.63 bits per heavy atom. The van der Waals surface area contributed by atoms with Crippen molar-refractivity contribution in [1.29, 1.82) is 0 Å². The molecule has 0 spiro atoms. The molecular formula is C26H37N3O5S. The van der Waals surface area contributed by atoms with Gasteiger partial charge in [-0.15, -0.1) is 0 Å². The number of carbonyl (C=O) groups is 2. The molecule has 0 aliphatic rings. The molecule has 35 heavy (non-hydrogen) atoms. The minimum atomic E-state index is -3.77. The standard InChI is InChI=1S/C26H37N3O5S/c1-7-24(26(31)27-16-19(2)3)28(17-21-10-8-20(4)9-11-21)25(30)18-29(35(6,32)33)22-12-14-23(34-5)15-13-22/h8-15,19,24H,7,16-18H2,1-6H3,(H,27,31)/t24-/m1/s1. The monoisotopic (exact) mass is 503 g/mol. The number of nitrogens with one attached hydrogen (secondary N) is 1. The second kappa shape index (κ2) is 12.6. The van der Waals surface area contributed by atoms with E-state index in [0.717, 1.165) is 21.7 Å². The predicted octanol–water partition coefficient (Wildman–Crippen LogP) is 3.35. The zero-order valence-corrected chi connectivity index (χ0v) is 22.3. The number of rotatable bonds is 12. The van der Waals surface area contributed by atoms with Crippen LogP contribution in [0, 0.1) is 12.8 Å². The van der Waals surface area contributed by atoms with Gasteiger partial charge in [0.05, 0.1) is 19.1 Å². The van der Waals surface area contributed by atoms with Crippen molar-refractivity contribution in [1.82, 2.24) is 10.2 Å². The molecule has 0 saturated carbocycles. The highest BCUT2D eigenvalue weighted by molar-refractivity contribution is 7.92. The fourth-order valence-electron chi connectivity index (χ4n) is 3.59. The van der Waals surface area contributed by atoms with Crippen molar-refractivity contribution < 1.29 is 22.7 Å². The first kappa shape index (κ1) is 28.2. The second-order valence-corrected chi connectivity index (χ2v) is 10.9. The summed E-state index contributed by atoms with van der Waals surface area (Å²) in [5, 5.41) is 2.91. The summed E-state index contributed by atoms with van der Waals surface area (Å²) in [5.41, 5.74) is 2.28. The molecule has 192 valence electrons. The van der Waals surface area contributed by atoms with Gasteiger partial charge in [-0.1, -0.05) is 50.6 Å². The Morgan fingerprint density at radius 3 is 2.11 bits per heavy atom. The van der Waals surface area contributed by atoms with E-state index in [1.807, 2.05) is 52.0 Å². The minimum absolute atomic E-state index is 0.187. The van der Waals surface area contributed by atoms with Crippen LogP contribution in [-0.2, 0) is 26.2 Å². The highest BCUT2D eigenvalue weighted by atomic mass is 32.2. The predicted molar refractivity (Wildman–Crippen MR) is 139 cm³/mol. The summed E-state index contributed by atoms with van der Waals surface area (Å²) in [6, 6.07) is 13.4. The van der Waals surface area contributed by atoms with Crippen LogP contribution in [0.15, 0.2) is 48.5 Å². The summed E-state index contributed by atoms with van der Waals surface area (Å²) in [4.78, 5) is 28.1. The van der Waals surface area contributed by atoms with Crippen LogP contribution in [0.5, 0.6) is 5.75 Å². The normalized spacial score (nSPS) is 12.2. The SMILES string of the molecule is CC[C@H](C(=O)NCC(C)C)N(Cc1ccc(C)cc1)C(=O)CN(c1ccc(OC)cc1)S(C)(=O)=O. The van der Waals surface area contributed by atoms with Gasteiger partial charge in [0.1, 0.15) is 18.3 Å². The first-order chi connectivity index (χ1) is 16.5. The molecule has 0 radical (unpaired) electrons. The topological polar surface area (TPSA) is 96.0 Å². The molecule has 9 heteroatoms.